The number of nitrogens with zero attached hydrogens (tertiary/aromatic N) is 3. The van der Waals surface area contributed by atoms with Crippen molar-refractivity contribution in [2.45, 2.75) is 24.8 Å². The van der Waals surface area contributed by atoms with Crippen molar-refractivity contribution < 1.29 is 4.79 Å². The highest BCUT2D eigenvalue weighted by Crippen LogP contribution is 2.44. The lowest BCUT2D eigenvalue weighted by molar-refractivity contribution is -0.122. The number of nitrogens with one attached hydrogen (secondary N) is 2. The number of likely N-dealkylation sites (tertiary alicyclic amines) is 1. The average Bonchev–Trinajstić information content (AvgIpc) is 3.08. The van der Waals surface area contributed by atoms with E-state index in [-0.39, 0.29) is 11.8 Å². The number of carbonyl (C=O) groups is 1. The summed E-state index contributed by atoms with van der Waals surface area (Å²) < 4.78 is 0. The molecule has 26 heavy (non-hydrogen) atoms. The van der Waals surface area contributed by atoms with Crippen LogP contribution in [0.25, 0.3) is 10.9 Å². The van der Waals surface area contributed by atoms with Crippen LogP contribution in [-0.4, -0.2) is 45.4 Å². The number of fused-ring (bicyclic) bond motifs is 2. The molecule has 0 radical (unpaired) electrons. The van der Waals surface area contributed by atoms with Crippen molar-refractivity contribution in [3.63, 3.8) is 0 Å². The fourth-order valence-corrected chi connectivity index (χ4v) is 4.72. The third kappa shape index (κ3) is 2.41. The zero-order valence-electron chi connectivity index (χ0n) is 14.6. The predicted molar refractivity (Wildman–Crippen MR) is 99.9 cm³/mol. The van der Waals surface area contributed by atoms with Gasteiger partial charge >= 0.3 is 0 Å². The lowest BCUT2D eigenvalue weighted by Gasteiger charge is -2.45. The first-order valence-corrected chi connectivity index (χ1v) is 9.06. The molecule has 3 heterocycles. The summed E-state index contributed by atoms with van der Waals surface area (Å²) in [5.41, 5.74) is 3.97. The number of hydrogen-bond donors (Lipinski definition) is 2. The van der Waals surface area contributed by atoms with Crippen molar-refractivity contribution in [1.82, 2.24) is 19.9 Å². The van der Waals surface area contributed by atoms with Gasteiger partial charge in [0.15, 0.2) is 5.82 Å². The van der Waals surface area contributed by atoms with Gasteiger partial charge in [-0.15, -0.1) is 0 Å². The first-order valence-electron chi connectivity index (χ1n) is 9.06. The van der Waals surface area contributed by atoms with E-state index in [1.807, 2.05) is 0 Å². The van der Waals surface area contributed by atoms with Gasteiger partial charge in [0.2, 0.25) is 5.91 Å². The molecule has 5 rings (SSSR count). The van der Waals surface area contributed by atoms with Crippen LogP contribution < -0.4 is 5.32 Å². The summed E-state index contributed by atoms with van der Waals surface area (Å²) in [6, 6.07) is 6.93. The summed E-state index contributed by atoms with van der Waals surface area (Å²) in [7, 11) is 2.14. The number of amides is 1. The summed E-state index contributed by atoms with van der Waals surface area (Å²) in [5.74, 6) is 0.862. The first-order chi connectivity index (χ1) is 12.7. The molecule has 2 aromatic heterocycles. The van der Waals surface area contributed by atoms with E-state index >= 15 is 0 Å². The Kier molecular flexibility index (Phi) is 3.53. The maximum absolute atomic E-state index is 12.8. The maximum Gasteiger partial charge on any atom is 0.229 e. The van der Waals surface area contributed by atoms with Crippen LogP contribution in [0.15, 0.2) is 43.0 Å². The summed E-state index contributed by atoms with van der Waals surface area (Å²) in [4.78, 5) is 26.7. The molecule has 3 atom stereocenters. The van der Waals surface area contributed by atoms with E-state index in [2.05, 4.69) is 56.6 Å². The third-order valence-electron chi connectivity index (χ3n) is 5.91. The van der Waals surface area contributed by atoms with Crippen LogP contribution in [0.1, 0.15) is 23.5 Å². The molecular weight excluding hydrogens is 326 g/mol. The number of anilines is 1. The monoisotopic (exact) mass is 347 g/mol. The molecule has 6 heteroatoms. The van der Waals surface area contributed by atoms with Crippen molar-refractivity contribution >= 4 is 22.6 Å². The highest BCUT2D eigenvalue weighted by atomic mass is 16.2. The number of H-pyrrole nitrogens is 1. The molecule has 0 spiro atoms. The molecular formula is C20H21N5O. The SMILES string of the molecule is CN1CC(C(=O)Nc2cnccn2)C[C@@H]2c3cccc4[nH]cc(c34)C[C@H]21. The molecule has 1 saturated heterocycles. The van der Waals surface area contributed by atoms with Gasteiger partial charge in [-0.2, -0.15) is 0 Å². The second kappa shape index (κ2) is 5.92. The molecule has 0 bridgehead atoms. The van der Waals surface area contributed by atoms with E-state index in [0.29, 0.717) is 17.8 Å². The number of rotatable bonds is 2. The number of hydrogen-bond acceptors (Lipinski definition) is 4. The van der Waals surface area contributed by atoms with E-state index in [1.165, 1.54) is 22.0 Å². The Morgan fingerprint density at radius 3 is 3.12 bits per heavy atom. The van der Waals surface area contributed by atoms with Crippen LogP contribution >= 0.6 is 0 Å². The molecule has 1 unspecified atom stereocenters. The largest absolute Gasteiger partial charge is 0.361 e. The molecule has 2 N–H and O–H groups in total. The van der Waals surface area contributed by atoms with Crippen LogP contribution in [0, 0.1) is 5.92 Å². The fourth-order valence-electron chi connectivity index (χ4n) is 4.72. The highest BCUT2D eigenvalue weighted by Gasteiger charge is 2.41. The number of piperidine rings is 1. The molecule has 6 nitrogen and oxygen atoms in total. The van der Waals surface area contributed by atoms with Crippen LogP contribution in [-0.2, 0) is 11.2 Å². The van der Waals surface area contributed by atoms with Gasteiger partial charge in [-0.05, 0) is 37.1 Å². The summed E-state index contributed by atoms with van der Waals surface area (Å²) in [6.45, 7) is 0.767. The summed E-state index contributed by atoms with van der Waals surface area (Å²) >= 11 is 0. The predicted octanol–water partition coefficient (Wildman–Crippen LogP) is 2.56. The van der Waals surface area contributed by atoms with Crippen LogP contribution in [0.4, 0.5) is 5.82 Å². The molecule has 1 fully saturated rings. The topological polar surface area (TPSA) is 73.9 Å². The van der Waals surface area contributed by atoms with Crippen molar-refractivity contribution in [1.29, 1.82) is 0 Å². The van der Waals surface area contributed by atoms with E-state index in [4.69, 9.17) is 0 Å². The zero-order valence-corrected chi connectivity index (χ0v) is 14.6. The second-order valence-corrected chi connectivity index (χ2v) is 7.41. The quantitative estimate of drug-likeness (QED) is 0.747. The van der Waals surface area contributed by atoms with E-state index < -0.39 is 0 Å². The summed E-state index contributed by atoms with van der Waals surface area (Å²) in [6.07, 6.45) is 8.83. The minimum Gasteiger partial charge on any atom is -0.361 e. The average molecular weight is 347 g/mol. The number of benzene rings is 1. The standard InChI is InChI=1S/C20H21N5O/c1-25-11-13(20(26)24-18-10-21-5-6-22-18)7-15-14-3-2-4-16-19(14)12(9-23-16)8-17(15)25/h2-6,9-10,13,15,17,23H,7-8,11H2,1H3,(H,22,24,26)/t13?,15-,17-/m1/s1. The van der Waals surface area contributed by atoms with E-state index in [1.54, 1.807) is 18.6 Å². The Bertz CT molecular complexity index is 967. The number of aromatic amines is 1. The van der Waals surface area contributed by atoms with Crippen molar-refractivity contribution in [3.05, 3.63) is 54.1 Å². The first kappa shape index (κ1) is 15.5. The van der Waals surface area contributed by atoms with Crippen molar-refractivity contribution in [3.8, 4) is 0 Å². The Balaban J connectivity index is 1.45. The molecule has 1 aliphatic carbocycles. The lowest BCUT2D eigenvalue weighted by atomic mass is 9.72. The van der Waals surface area contributed by atoms with Gasteiger partial charge < -0.3 is 15.2 Å². The molecule has 1 aromatic carbocycles. The van der Waals surface area contributed by atoms with Crippen molar-refractivity contribution in [2.24, 2.45) is 5.92 Å². The van der Waals surface area contributed by atoms with E-state index in [9.17, 15) is 4.79 Å². The van der Waals surface area contributed by atoms with Gasteiger partial charge in [0, 0.05) is 48.0 Å². The zero-order chi connectivity index (χ0) is 17.7. The van der Waals surface area contributed by atoms with Gasteiger partial charge in [-0.1, -0.05) is 12.1 Å². The number of carbonyl (C=O) groups excluding carboxylic acids is 1. The van der Waals surface area contributed by atoms with Crippen LogP contribution in [0.3, 0.4) is 0 Å². The summed E-state index contributed by atoms with van der Waals surface area (Å²) in [5, 5.41) is 4.28. The molecule has 132 valence electrons. The second-order valence-electron chi connectivity index (χ2n) is 7.41. The Labute approximate surface area is 151 Å². The van der Waals surface area contributed by atoms with Gasteiger partial charge in [0.05, 0.1) is 12.1 Å². The third-order valence-corrected chi connectivity index (χ3v) is 5.91. The highest BCUT2D eigenvalue weighted by molar-refractivity contribution is 5.92. The normalized spacial score (nSPS) is 25.0. The number of likely N-dealkylation sites (N-methyl/N-ethyl adjacent to an activating group) is 1. The van der Waals surface area contributed by atoms with Gasteiger partial charge in [0.25, 0.3) is 0 Å². The van der Waals surface area contributed by atoms with Gasteiger partial charge in [0.1, 0.15) is 0 Å². The minimum absolute atomic E-state index is 0.0304. The van der Waals surface area contributed by atoms with Crippen LogP contribution in [0.5, 0.6) is 0 Å². The molecule has 3 aromatic rings. The molecule has 0 saturated carbocycles. The maximum atomic E-state index is 12.8. The Morgan fingerprint density at radius 1 is 1.35 bits per heavy atom. The Hall–Kier alpha value is -2.73. The van der Waals surface area contributed by atoms with Gasteiger partial charge in [-0.3, -0.25) is 9.78 Å². The van der Waals surface area contributed by atoms with Crippen LogP contribution in [0.2, 0.25) is 0 Å². The fraction of sp³-hybridized carbons (Fsp3) is 0.350. The van der Waals surface area contributed by atoms with Gasteiger partial charge in [-0.25, -0.2) is 4.98 Å². The Morgan fingerprint density at radius 2 is 2.27 bits per heavy atom. The van der Waals surface area contributed by atoms with Crippen molar-refractivity contribution in [2.75, 3.05) is 18.9 Å². The lowest BCUT2D eigenvalue weighted by Crippen LogP contribution is -2.50. The van der Waals surface area contributed by atoms with E-state index in [0.717, 1.165) is 19.4 Å². The number of aromatic nitrogens is 3. The molecule has 1 amide bonds. The molecule has 1 aliphatic heterocycles. The molecule has 2 aliphatic rings. The minimum atomic E-state index is -0.0565. The smallest absolute Gasteiger partial charge is 0.229 e.